The number of nitrogens with zero attached hydrogens (tertiary/aromatic N) is 1. The number of fused-ring (bicyclic) bond motifs is 1. The van der Waals surface area contributed by atoms with Crippen molar-refractivity contribution in [2.45, 2.75) is 62.4 Å². The van der Waals surface area contributed by atoms with E-state index in [0.717, 1.165) is 6.42 Å². The van der Waals surface area contributed by atoms with Gasteiger partial charge in [0.05, 0.1) is 29.4 Å². The molecule has 10 heteroatoms. The smallest absolute Gasteiger partial charge is 0.391 e. The number of hydrogen-bond donors (Lipinski definition) is 1. The second-order valence-electron chi connectivity index (χ2n) is 8.93. The normalized spacial score (nSPS) is 27.0. The van der Waals surface area contributed by atoms with Crippen molar-refractivity contribution in [3.63, 3.8) is 0 Å². The minimum absolute atomic E-state index is 0.0870. The van der Waals surface area contributed by atoms with Crippen LogP contribution < -0.4 is 0 Å². The fraction of sp³-hybridized carbons (Fsp3) is 0.500. The summed E-state index contributed by atoms with van der Waals surface area (Å²) in [7, 11) is 0. The third-order valence-electron chi connectivity index (χ3n) is 6.66. The maximum absolute atomic E-state index is 13.5. The summed E-state index contributed by atoms with van der Waals surface area (Å²) in [4.78, 5) is 2.02. The van der Waals surface area contributed by atoms with Crippen molar-refractivity contribution in [1.82, 2.24) is 4.90 Å². The molecule has 1 N–H and O–H groups in total. The van der Waals surface area contributed by atoms with E-state index in [4.69, 9.17) is 4.74 Å². The zero-order valence-corrected chi connectivity index (χ0v) is 18.2. The molecule has 2 aromatic carbocycles. The van der Waals surface area contributed by atoms with E-state index in [1.54, 1.807) is 12.1 Å². The maximum Gasteiger partial charge on any atom is 0.416 e. The molecular formula is C24H24F7NO2. The van der Waals surface area contributed by atoms with Gasteiger partial charge in [0.2, 0.25) is 0 Å². The fourth-order valence-electron chi connectivity index (χ4n) is 5.09. The van der Waals surface area contributed by atoms with Crippen LogP contribution in [0.1, 0.15) is 54.0 Å². The van der Waals surface area contributed by atoms with E-state index in [1.165, 1.54) is 19.1 Å². The molecule has 0 saturated carbocycles. The third kappa shape index (κ3) is 5.08. The average Bonchev–Trinajstić information content (AvgIpc) is 3.12. The van der Waals surface area contributed by atoms with Gasteiger partial charge in [-0.15, -0.1) is 0 Å². The zero-order chi connectivity index (χ0) is 24.8. The molecule has 0 aromatic heterocycles. The number of rotatable bonds is 4. The number of halogens is 7. The van der Waals surface area contributed by atoms with Crippen molar-refractivity contribution in [2.24, 2.45) is 0 Å². The molecule has 0 amide bonds. The Kier molecular flexibility index (Phi) is 6.69. The summed E-state index contributed by atoms with van der Waals surface area (Å²) in [6.07, 6.45) is -11.0. The van der Waals surface area contributed by atoms with Gasteiger partial charge < -0.3 is 9.84 Å². The van der Waals surface area contributed by atoms with E-state index in [-0.39, 0.29) is 17.7 Å². The van der Waals surface area contributed by atoms with Crippen molar-refractivity contribution in [3.05, 3.63) is 70.5 Å². The van der Waals surface area contributed by atoms with Gasteiger partial charge in [0.25, 0.3) is 0 Å². The molecule has 186 valence electrons. The molecule has 3 nitrogen and oxygen atoms in total. The Balaban J connectivity index is 1.67. The van der Waals surface area contributed by atoms with Gasteiger partial charge in [0.15, 0.2) is 0 Å². The topological polar surface area (TPSA) is 32.7 Å². The molecular weight excluding hydrogens is 467 g/mol. The Morgan fingerprint density at radius 1 is 0.971 bits per heavy atom. The molecule has 34 heavy (non-hydrogen) atoms. The van der Waals surface area contributed by atoms with Gasteiger partial charge >= 0.3 is 12.4 Å². The number of aliphatic hydroxyl groups is 1. The third-order valence-corrected chi connectivity index (χ3v) is 6.66. The highest BCUT2D eigenvalue weighted by Crippen LogP contribution is 2.43. The van der Waals surface area contributed by atoms with Gasteiger partial charge in [-0.3, -0.25) is 4.90 Å². The lowest BCUT2D eigenvalue weighted by Crippen LogP contribution is -2.46. The second-order valence-corrected chi connectivity index (χ2v) is 8.93. The van der Waals surface area contributed by atoms with E-state index >= 15 is 0 Å². The zero-order valence-electron chi connectivity index (χ0n) is 18.2. The summed E-state index contributed by atoms with van der Waals surface area (Å²) in [6, 6.07) is 6.77. The Morgan fingerprint density at radius 3 is 2.12 bits per heavy atom. The van der Waals surface area contributed by atoms with E-state index in [1.807, 2.05) is 4.90 Å². The molecule has 0 spiro atoms. The van der Waals surface area contributed by atoms with Gasteiger partial charge in [-0.25, -0.2) is 4.39 Å². The predicted molar refractivity (Wildman–Crippen MR) is 109 cm³/mol. The lowest BCUT2D eigenvalue weighted by Gasteiger charge is -2.36. The SMILES string of the molecule is C[C@@H](O[C@H]1CN2CCCC(O)C2C1c1ccc(F)cc1)c1cc(C(F)(F)F)cc(C(F)(F)F)c1. The molecule has 2 saturated heterocycles. The molecule has 2 aliphatic heterocycles. The van der Waals surface area contributed by atoms with Crippen LogP contribution in [-0.2, 0) is 17.1 Å². The first-order valence-corrected chi connectivity index (χ1v) is 11.0. The largest absolute Gasteiger partial charge is 0.416 e. The van der Waals surface area contributed by atoms with E-state index in [0.29, 0.717) is 37.2 Å². The van der Waals surface area contributed by atoms with Gasteiger partial charge in [0.1, 0.15) is 5.82 Å². The summed E-state index contributed by atoms with van der Waals surface area (Å²) in [5.74, 6) is -0.872. The van der Waals surface area contributed by atoms with Gasteiger partial charge in [0, 0.05) is 18.5 Å². The summed E-state index contributed by atoms with van der Waals surface area (Å²) in [5.41, 5.74) is -2.36. The lowest BCUT2D eigenvalue weighted by atomic mass is 9.84. The molecule has 0 radical (unpaired) electrons. The van der Waals surface area contributed by atoms with Crippen LogP contribution in [0, 0.1) is 5.82 Å². The number of benzene rings is 2. The van der Waals surface area contributed by atoms with E-state index < -0.39 is 53.5 Å². The first kappa shape index (κ1) is 24.9. The van der Waals surface area contributed by atoms with Crippen molar-refractivity contribution < 1.29 is 40.6 Å². The summed E-state index contributed by atoms with van der Waals surface area (Å²) < 4.78 is 99.3. The molecule has 2 aromatic rings. The molecule has 2 fully saturated rings. The van der Waals surface area contributed by atoms with Crippen LogP contribution in [0.2, 0.25) is 0 Å². The summed E-state index contributed by atoms with van der Waals surface area (Å²) in [5, 5.41) is 10.7. The summed E-state index contributed by atoms with van der Waals surface area (Å²) in [6.45, 7) is 2.43. The van der Waals surface area contributed by atoms with Gasteiger partial charge in [-0.1, -0.05) is 12.1 Å². The average molecular weight is 491 g/mol. The van der Waals surface area contributed by atoms with Crippen molar-refractivity contribution in [1.29, 1.82) is 0 Å². The van der Waals surface area contributed by atoms with E-state index in [2.05, 4.69) is 0 Å². The van der Waals surface area contributed by atoms with Crippen LogP contribution in [0.5, 0.6) is 0 Å². The summed E-state index contributed by atoms with van der Waals surface area (Å²) >= 11 is 0. The fourth-order valence-corrected chi connectivity index (χ4v) is 5.09. The van der Waals surface area contributed by atoms with Gasteiger partial charge in [-0.2, -0.15) is 26.3 Å². The van der Waals surface area contributed by atoms with Crippen LogP contribution in [0.4, 0.5) is 30.7 Å². The highest BCUT2D eigenvalue weighted by Gasteiger charge is 2.48. The van der Waals surface area contributed by atoms with Crippen LogP contribution >= 0.6 is 0 Å². The number of alkyl halides is 6. The maximum atomic E-state index is 13.5. The van der Waals surface area contributed by atoms with Crippen LogP contribution in [0.15, 0.2) is 42.5 Å². The first-order chi connectivity index (χ1) is 15.8. The second kappa shape index (κ2) is 9.13. The van der Waals surface area contributed by atoms with Crippen LogP contribution in [-0.4, -0.2) is 41.3 Å². The Hall–Kier alpha value is -2.17. The molecule has 0 aliphatic carbocycles. The lowest BCUT2D eigenvalue weighted by molar-refractivity contribution is -0.143. The highest BCUT2D eigenvalue weighted by atomic mass is 19.4. The van der Waals surface area contributed by atoms with E-state index in [9.17, 15) is 35.8 Å². The molecule has 2 heterocycles. The minimum Gasteiger partial charge on any atom is -0.391 e. The monoisotopic (exact) mass is 491 g/mol. The quantitative estimate of drug-likeness (QED) is 0.538. The Morgan fingerprint density at radius 2 is 1.56 bits per heavy atom. The predicted octanol–water partition coefficient (Wildman–Crippen LogP) is 5.93. The van der Waals surface area contributed by atoms with Crippen molar-refractivity contribution >= 4 is 0 Å². The number of piperidine rings is 1. The molecule has 5 atom stereocenters. The highest BCUT2D eigenvalue weighted by molar-refractivity contribution is 5.35. The number of hydrogen-bond acceptors (Lipinski definition) is 3. The van der Waals surface area contributed by atoms with Crippen molar-refractivity contribution in [3.8, 4) is 0 Å². The van der Waals surface area contributed by atoms with Crippen LogP contribution in [0.3, 0.4) is 0 Å². The van der Waals surface area contributed by atoms with Crippen molar-refractivity contribution in [2.75, 3.05) is 13.1 Å². The van der Waals surface area contributed by atoms with Gasteiger partial charge in [-0.05, 0) is 67.8 Å². The molecule has 0 bridgehead atoms. The minimum atomic E-state index is -4.95. The number of ether oxygens (including phenoxy) is 1. The standard InChI is InChI=1S/C24H24F7NO2/c1-13(15-9-16(23(26,27)28)11-17(10-15)24(29,30)31)34-20-12-32-8-2-3-19(33)22(32)21(20)14-4-6-18(25)7-5-14/h4-7,9-11,13,19-22,33H,2-3,8,12H2,1H3/t13-,19?,20+,21?,22?/m1/s1. The Bertz CT molecular complexity index is 974. The van der Waals surface area contributed by atoms with Crippen LogP contribution in [0.25, 0.3) is 0 Å². The molecule has 2 aliphatic rings. The first-order valence-electron chi connectivity index (χ1n) is 11.0. The molecule has 4 rings (SSSR count). The molecule has 3 unspecified atom stereocenters. The Labute approximate surface area is 192 Å². The number of aliphatic hydroxyl groups excluding tert-OH is 1.